The molecule has 0 aliphatic rings. The van der Waals surface area contributed by atoms with Gasteiger partial charge in [-0.1, -0.05) is 65.8 Å². The molecule has 5 nitrogen and oxygen atoms in total. The number of nitrogens with one attached hydrogen (secondary N) is 1. The Bertz CT molecular complexity index is 1210. The molecule has 3 aromatic carbocycles. The van der Waals surface area contributed by atoms with Crippen LogP contribution in [0.5, 0.6) is 0 Å². The highest BCUT2D eigenvalue weighted by Gasteiger charge is 2.18. The number of hydrogen-bond acceptors (Lipinski definition) is 4. The first-order valence-electron chi connectivity index (χ1n) is 10.5. The maximum absolute atomic E-state index is 13.0. The first kappa shape index (κ1) is 23.0. The lowest BCUT2D eigenvalue weighted by molar-refractivity contribution is -0.121. The molecule has 1 heterocycles. The van der Waals surface area contributed by atoms with E-state index in [-0.39, 0.29) is 11.7 Å². The molecule has 0 spiro atoms. The molecule has 33 heavy (non-hydrogen) atoms. The maximum atomic E-state index is 13.0. The minimum atomic E-state index is -0.289. The third-order valence-corrected chi connectivity index (χ3v) is 6.29. The number of rotatable bonds is 9. The summed E-state index contributed by atoms with van der Waals surface area (Å²) in [5.74, 6) is 1.05. The second-order valence-corrected chi connectivity index (χ2v) is 8.78. The van der Waals surface area contributed by atoms with Crippen molar-refractivity contribution in [3.05, 3.63) is 95.3 Å². The number of thioether (sulfide) groups is 1. The number of benzene rings is 3. The van der Waals surface area contributed by atoms with Crippen molar-refractivity contribution in [3.8, 4) is 17.1 Å². The lowest BCUT2D eigenvalue weighted by Crippen LogP contribution is -2.22. The summed E-state index contributed by atoms with van der Waals surface area (Å²) in [5, 5.41) is 13.0. The summed E-state index contributed by atoms with van der Waals surface area (Å²) in [5.41, 5.74) is 2.61. The second-order valence-electron chi connectivity index (χ2n) is 7.31. The zero-order valence-electron chi connectivity index (χ0n) is 17.7. The van der Waals surface area contributed by atoms with Gasteiger partial charge in [-0.05, 0) is 48.4 Å². The van der Waals surface area contributed by atoms with Crippen LogP contribution >= 0.6 is 23.4 Å². The number of nitrogens with zero attached hydrogens (tertiary/aromatic N) is 3. The summed E-state index contributed by atoms with van der Waals surface area (Å²) >= 11 is 7.97. The molecule has 0 saturated carbocycles. The summed E-state index contributed by atoms with van der Waals surface area (Å²) in [6.07, 6.45) is 1.08. The molecule has 0 bridgehead atoms. The molecular weight excluding hydrogens is 459 g/mol. The van der Waals surface area contributed by atoms with Crippen molar-refractivity contribution in [2.45, 2.75) is 24.5 Å². The number of para-hydroxylation sites is 1. The molecule has 4 aromatic rings. The average Bonchev–Trinajstić information content (AvgIpc) is 3.26. The number of aromatic nitrogens is 3. The molecule has 0 radical (unpaired) electrons. The van der Waals surface area contributed by atoms with Gasteiger partial charge in [-0.2, -0.15) is 0 Å². The number of carbonyl (C=O) groups excluding carboxylic acids is 1. The monoisotopic (exact) mass is 480 g/mol. The van der Waals surface area contributed by atoms with Gasteiger partial charge in [0.25, 0.3) is 0 Å². The Balaban J connectivity index is 1.38. The first-order valence-corrected chi connectivity index (χ1v) is 11.9. The molecule has 0 fully saturated rings. The van der Waals surface area contributed by atoms with Gasteiger partial charge >= 0.3 is 0 Å². The summed E-state index contributed by atoms with van der Waals surface area (Å²) in [7, 11) is 0. The fourth-order valence-corrected chi connectivity index (χ4v) is 4.39. The Labute approximate surface area is 201 Å². The molecule has 0 aliphatic carbocycles. The Kier molecular flexibility index (Phi) is 7.75. The molecular formula is C25H22ClFN4OS. The molecule has 0 saturated heterocycles. The van der Waals surface area contributed by atoms with E-state index in [0.717, 1.165) is 22.0 Å². The molecule has 8 heteroatoms. The number of hydrogen-bond donors (Lipinski definition) is 1. The van der Waals surface area contributed by atoms with Crippen molar-refractivity contribution >= 4 is 29.3 Å². The lowest BCUT2D eigenvalue weighted by atomic mass is 10.2. The lowest BCUT2D eigenvalue weighted by Gasteiger charge is -2.11. The zero-order chi connectivity index (χ0) is 23.0. The summed E-state index contributed by atoms with van der Waals surface area (Å²) < 4.78 is 15.0. The fraction of sp³-hybridized carbons (Fsp3) is 0.160. The summed E-state index contributed by atoms with van der Waals surface area (Å²) in [6.45, 7) is 0.385. The van der Waals surface area contributed by atoms with Gasteiger partial charge in [0.05, 0.1) is 5.02 Å². The van der Waals surface area contributed by atoms with Crippen LogP contribution in [0, 0.1) is 5.82 Å². The number of halogens is 2. The predicted octanol–water partition coefficient (Wildman–Crippen LogP) is 5.92. The summed E-state index contributed by atoms with van der Waals surface area (Å²) in [6, 6.07) is 23.5. The molecule has 0 atom stereocenters. The molecule has 1 amide bonds. The van der Waals surface area contributed by atoms with E-state index in [9.17, 15) is 9.18 Å². The Hall–Kier alpha value is -3.16. The van der Waals surface area contributed by atoms with Gasteiger partial charge in [-0.25, -0.2) is 4.39 Å². The second kappa shape index (κ2) is 11.1. The number of carbonyl (C=O) groups is 1. The van der Waals surface area contributed by atoms with E-state index >= 15 is 0 Å². The minimum absolute atomic E-state index is 0.0405. The van der Waals surface area contributed by atoms with Crippen molar-refractivity contribution < 1.29 is 9.18 Å². The van der Waals surface area contributed by atoms with Crippen LogP contribution in [0.3, 0.4) is 0 Å². The smallest absolute Gasteiger partial charge is 0.220 e. The Morgan fingerprint density at radius 3 is 2.45 bits per heavy atom. The van der Waals surface area contributed by atoms with Crippen molar-refractivity contribution in [1.82, 2.24) is 20.1 Å². The zero-order valence-corrected chi connectivity index (χ0v) is 19.3. The van der Waals surface area contributed by atoms with Crippen molar-refractivity contribution in [2.24, 2.45) is 0 Å². The highest BCUT2D eigenvalue weighted by molar-refractivity contribution is 7.99. The standard InChI is InChI=1S/C25H22ClFN4OS/c26-22-10-5-4-9-21(22)24-29-30-25(31(24)20-7-2-1-3-8-20)33-16-6-11-23(32)28-17-18-12-14-19(27)15-13-18/h1-5,7-10,12-15H,6,11,16-17H2,(H,28,32). The average molecular weight is 481 g/mol. The van der Waals surface area contributed by atoms with E-state index in [4.69, 9.17) is 11.6 Å². The van der Waals surface area contributed by atoms with E-state index in [1.165, 1.54) is 12.1 Å². The van der Waals surface area contributed by atoms with E-state index < -0.39 is 0 Å². The normalized spacial score (nSPS) is 10.8. The minimum Gasteiger partial charge on any atom is -0.352 e. The van der Waals surface area contributed by atoms with E-state index in [1.54, 1.807) is 23.9 Å². The fourth-order valence-electron chi connectivity index (χ4n) is 3.28. The largest absolute Gasteiger partial charge is 0.352 e. The Morgan fingerprint density at radius 1 is 0.970 bits per heavy atom. The molecule has 0 unspecified atom stereocenters. The van der Waals surface area contributed by atoms with E-state index in [1.807, 2.05) is 59.2 Å². The van der Waals surface area contributed by atoms with Crippen LogP contribution in [0.15, 0.2) is 84.0 Å². The molecule has 0 aliphatic heterocycles. The van der Waals surface area contributed by atoms with Crippen LogP contribution in [0.25, 0.3) is 17.1 Å². The maximum Gasteiger partial charge on any atom is 0.220 e. The topological polar surface area (TPSA) is 59.8 Å². The van der Waals surface area contributed by atoms with Crippen LogP contribution in [0.1, 0.15) is 18.4 Å². The highest BCUT2D eigenvalue weighted by Crippen LogP contribution is 2.32. The van der Waals surface area contributed by atoms with Gasteiger partial charge in [0.2, 0.25) is 5.91 Å². The van der Waals surface area contributed by atoms with Crippen molar-refractivity contribution in [1.29, 1.82) is 0 Å². The van der Waals surface area contributed by atoms with Crippen LogP contribution in [0.2, 0.25) is 5.02 Å². The van der Waals surface area contributed by atoms with E-state index in [2.05, 4.69) is 15.5 Å². The Morgan fingerprint density at radius 2 is 1.70 bits per heavy atom. The van der Waals surface area contributed by atoms with E-state index in [0.29, 0.717) is 36.0 Å². The predicted molar refractivity (Wildman–Crippen MR) is 130 cm³/mol. The van der Waals surface area contributed by atoms with Crippen LogP contribution in [0.4, 0.5) is 4.39 Å². The van der Waals surface area contributed by atoms with Gasteiger partial charge in [0.1, 0.15) is 5.82 Å². The molecule has 1 N–H and O–H groups in total. The quantitative estimate of drug-likeness (QED) is 0.239. The third kappa shape index (κ3) is 6.00. The van der Waals surface area contributed by atoms with Crippen LogP contribution in [-0.2, 0) is 11.3 Å². The van der Waals surface area contributed by atoms with Gasteiger partial charge in [-0.15, -0.1) is 10.2 Å². The van der Waals surface area contributed by atoms with Crippen LogP contribution in [-0.4, -0.2) is 26.4 Å². The third-order valence-electron chi connectivity index (χ3n) is 4.94. The van der Waals surface area contributed by atoms with Gasteiger partial charge in [-0.3, -0.25) is 9.36 Å². The highest BCUT2D eigenvalue weighted by atomic mass is 35.5. The van der Waals surface area contributed by atoms with Crippen molar-refractivity contribution in [3.63, 3.8) is 0 Å². The first-order chi connectivity index (χ1) is 16.1. The SMILES string of the molecule is O=C(CCCSc1nnc(-c2ccccc2Cl)n1-c1ccccc1)NCc1ccc(F)cc1. The summed E-state index contributed by atoms with van der Waals surface area (Å²) in [4.78, 5) is 12.2. The molecule has 4 rings (SSSR count). The van der Waals surface area contributed by atoms with Gasteiger partial charge < -0.3 is 5.32 Å². The molecule has 1 aromatic heterocycles. The number of amides is 1. The molecule has 168 valence electrons. The van der Waals surface area contributed by atoms with Crippen LogP contribution < -0.4 is 5.32 Å². The van der Waals surface area contributed by atoms with Crippen molar-refractivity contribution in [2.75, 3.05) is 5.75 Å². The van der Waals surface area contributed by atoms with Gasteiger partial charge in [0.15, 0.2) is 11.0 Å². The van der Waals surface area contributed by atoms with Gasteiger partial charge in [0, 0.05) is 30.0 Å².